The smallest absolute Gasteiger partial charge is 0.271 e. The zero-order valence-electron chi connectivity index (χ0n) is 14.4. The van der Waals surface area contributed by atoms with Gasteiger partial charge >= 0.3 is 0 Å². The van der Waals surface area contributed by atoms with Crippen LogP contribution in [-0.4, -0.2) is 31.1 Å². The number of benzene rings is 2. The molecule has 8 heteroatoms. The van der Waals surface area contributed by atoms with E-state index in [4.69, 9.17) is 0 Å². The molecule has 0 radical (unpaired) electrons. The summed E-state index contributed by atoms with van der Waals surface area (Å²) in [6.45, 7) is 0. The molecule has 4 aromatic rings. The molecule has 0 saturated heterocycles. The molecule has 2 aromatic heterocycles. The Kier molecular flexibility index (Phi) is 5.15. The molecular weight excluding hydrogens is 360 g/mol. The minimum atomic E-state index is -0.0913. The fraction of sp³-hybridized carbons (Fsp3) is 0.158. The van der Waals surface area contributed by atoms with Crippen molar-refractivity contribution < 1.29 is 0 Å². The van der Waals surface area contributed by atoms with Gasteiger partial charge in [-0.05, 0) is 30.2 Å². The molecule has 0 aliphatic carbocycles. The number of aromatic amines is 2. The zero-order valence-corrected chi connectivity index (χ0v) is 15.2. The first-order valence-electron chi connectivity index (χ1n) is 8.58. The van der Waals surface area contributed by atoms with E-state index < -0.39 is 0 Å². The number of aromatic nitrogens is 5. The van der Waals surface area contributed by atoms with Crippen molar-refractivity contribution in [1.29, 1.82) is 0 Å². The van der Waals surface area contributed by atoms with E-state index in [0.29, 0.717) is 11.3 Å². The first kappa shape index (κ1) is 17.3. The summed E-state index contributed by atoms with van der Waals surface area (Å²) in [4.78, 5) is 16.9. The maximum absolute atomic E-state index is 11.6. The monoisotopic (exact) mass is 378 g/mol. The van der Waals surface area contributed by atoms with Crippen LogP contribution in [0.2, 0.25) is 0 Å². The van der Waals surface area contributed by atoms with Gasteiger partial charge in [0.15, 0.2) is 0 Å². The maximum atomic E-state index is 11.6. The van der Waals surface area contributed by atoms with Crippen LogP contribution in [0, 0.1) is 0 Å². The quantitative estimate of drug-likeness (QED) is 0.426. The molecule has 0 aliphatic heterocycles. The molecule has 0 saturated carbocycles. The van der Waals surface area contributed by atoms with Gasteiger partial charge in [0, 0.05) is 10.6 Å². The molecule has 7 nitrogen and oxygen atoms in total. The van der Waals surface area contributed by atoms with Crippen LogP contribution in [0.4, 0.5) is 5.95 Å². The summed E-state index contributed by atoms with van der Waals surface area (Å²) in [6.07, 6.45) is 4.06. The lowest BCUT2D eigenvalue weighted by Gasteiger charge is -2.18. The summed E-state index contributed by atoms with van der Waals surface area (Å²) < 4.78 is 0. The van der Waals surface area contributed by atoms with E-state index >= 15 is 0 Å². The van der Waals surface area contributed by atoms with E-state index in [1.807, 2.05) is 36.4 Å². The number of nitrogens with one attached hydrogen (secondary N) is 3. The Labute approximate surface area is 159 Å². The minimum Gasteiger partial charge on any atom is -0.346 e. The van der Waals surface area contributed by atoms with Crippen LogP contribution in [0.5, 0.6) is 0 Å². The Morgan fingerprint density at radius 2 is 1.96 bits per heavy atom. The van der Waals surface area contributed by atoms with Crippen molar-refractivity contribution >= 4 is 28.6 Å². The molecule has 0 fully saturated rings. The van der Waals surface area contributed by atoms with Crippen molar-refractivity contribution in [3.63, 3.8) is 0 Å². The number of hydrogen-bond donors (Lipinski definition) is 3. The van der Waals surface area contributed by atoms with Gasteiger partial charge in [0.25, 0.3) is 5.56 Å². The Morgan fingerprint density at radius 1 is 1.07 bits per heavy atom. The third kappa shape index (κ3) is 4.17. The maximum Gasteiger partial charge on any atom is 0.271 e. The highest BCUT2D eigenvalue weighted by atomic mass is 32.2. The fourth-order valence-corrected chi connectivity index (χ4v) is 3.83. The average Bonchev–Trinajstić information content (AvgIpc) is 3.09. The van der Waals surface area contributed by atoms with E-state index in [1.54, 1.807) is 24.2 Å². The lowest BCUT2D eigenvalue weighted by atomic mass is 10.1. The van der Waals surface area contributed by atoms with E-state index in [2.05, 4.69) is 42.8 Å². The molecule has 1 atom stereocenters. The van der Waals surface area contributed by atoms with Gasteiger partial charge in [-0.25, -0.2) is 4.98 Å². The molecule has 2 aromatic carbocycles. The Hall–Kier alpha value is -3.13. The van der Waals surface area contributed by atoms with Crippen molar-refractivity contribution in [2.45, 2.75) is 17.4 Å². The Bertz CT molecular complexity index is 1060. The van der Waals surface area contributed by atoms with Gasteiger partial charge in [0.05, 0.1) is 29.3 Å². The van der Waals surface area contributed by atoms with Gasteiger partial charge < -0.3 is 5.32 Å². The van der Waals surface area contributed by atoms with Gasteiger partial charge in [0.1, 0.15) is 0 Å². The fourth-order valence-electron chi connectivity index (χ4n) is 2.88. The standard InChI is InChI=1S/C19H18N6OS/c26-18-15-7-6-14(12-17(15)23-24-18)27-11-8-16(13-4-2-1-3-5-13)22-19-20-9-10-21-25-19/h1-7,9-10,12,16H,8,11H2,(H,20,22,25)(H2,23,24,26). The molecule has 136 valence electrons. The first-order chi connectivity index (χ1) is 13.3. The second-order valence-electron chi connectivity index (χ2n) is 6.00. The van der Waals surface area contributed by atoms with Crippen molar-refractivity contribution in [1.82, 2.24) is 25.4 Å². The van der Waals surface area contributed by atoms with Gasteiger partial charge in [-0.15, -0.1) is 16.9 Å². The van der Waals surface area contributed by atoms with Crippen LogP contribution in [0.15, 0.2) is 70.6 Å². The lowest BCUT2D eigenvalue weighted by molar-refractivity contribution is 0.738. The largest absolute Gasteiger partial charge is 0.346 e. The van der Waals surface area contributed by atoms with E-state index in [9.17, 15) is 4.79 Å². The molecule has 2 heterocycles. The number of H-pyrrole nitrogens is 2. The highest BCUT2D eigenvalue weighted by Crippen LogP contribution is 2.27. The van der Waals surface area contributed by atoms with Crippen LogP contribution in [0.1, 0.15) is 18.0 Å². The Balaban J connectivity index is 1.45. The Morgan fingerprint density at radius 3 is 2.78 bits per heavy atom. The van der Waals surface area contributed by atoms with Crippen LogP contribution >= 0.6 is 11.8 Å². The average molecular weight is 378 g/mol. The third-order valence-electron chi connectivity index (χ3n) is 4.21. The number of thioether (sulfide) groups is 1. The second-order valence-corrected chi connectivity index (χ2v) is 7.17. The van der Waals surface area contributed by atoms with Crippen molar-refractivity contribution in [3.05, 3.63) is 76.8 Å². The third-order valence-corrected chi connectivity index (χ3v) is 5.24. The number of anilines is 1. The summed E-state index contributed by atoms with van der Waals surface area (Å²) in [6, 6.07) is 16.1. The lowest BCUT2D eigenvalue weighted by Crippen LogP contribution is -2.14. The summed E-state index contributed by atoms with van der Waals surface area (Å²) >= 11 is 1.75. The highest BCUT2D eigenvalue weighted by Gasteiger charge is 2.13. The van der Waals surface area contributed by atoms with E-state index in [0.717, 1.165) is 22.6 Å². The van der Waals surface area contributed by atoms with Gasteiger partial charge in [-0.3, -0.25) is 15.0 Å². The SMILES string of the molecule is O=c1[nH][nH]c2cc(SCCC(Nc3nccnn3)c3ccccc3)ccc12. The molecule has 4 rings (SSSR count). The van der Waals surface area contributed by atoms with E-state index in [-0.39, 0.29) is 11.6 Å². The van der Waals surface area contributed by atoms with E-state index in [1.165, 1.54) is 5.56 Å². The molecule has 0 aliphatic rings. The van der Waals surface area contributed by atoms with Crippen molar-refractivity contribution in [3.8, 4) is 0 Å². The number of nitrogens with zero attached hydrogens (tertiary/aromatic N) is 3. The normalized spacial score (nSPS) is 12.1. The predicted molar refractivity (Wildman–Crippen MR) is 107 cm³/mol. The van der Waals surface area contributed by atoms with Gasteiger partial charge in [-0.2, -0.15) is 5.10 Å². The predicted octanol–water partition coefficient (Wildman–Crippen LogP) is 3.38. The number of fused-ring (bicyclic) bond motifs is 1. The van der Waals surface area contributed by atoms with Crippen molar-refractivity contribution in [2.75, 3.05) is 11.1 Å². The molecule has 0 amide bonds. The van der Waals surface area contributed by atoms with Gasteiger partial charge in [0.2, 0.25) is 5.95 Å². The molecule has 0 spiro atoms. The number of hydrogen-bond acceptors (Lipinski definition) is 6. The summed E-state index contributed by atoms with van der Waals surface area (Å²) in [5, 5.41) is 17.5. The van der Waals surface area contributed by atoms with Crippen molar-refractivity contribution in [2.24, 2.45) is 0 Å². The van der Waals surface area contributed by atoms with Crippen LogP contribution in [0.3, 0.4) is 0 Å². The zero-order chi connectivity index (χ0) is 18.5. The molecule has 1 unspecified atom stereocenters. The van der Waals surface area contributed by atoms with Gasteiger partial charge in [-0.1, -0.05) is 30.3 Å². The van der Waals surface area contributed by atoms with Crippen LogP contribution < -0.4 is 10.9 Å². The molecule has 0 bridgehead atoms. The molecule has 3 N–H and O–H groups in total. The highest BCUT2D eigenvalue weighted by molar-refractivity contribution is 7.99. The van der Waals surface area contributed by atoms with Crippen LogP contribution in [0.25, 0.3) is 10.9 Å². The number of rotatable bonds is 7. The molecular formula is C19H18N6OS. The summed E-state index contributed by atoms with van der Waals surface area (Å²) in [7, 11) is 0. The minimum absolute atomic E-state index is 0.0821. The topological polar surface area (TPSA) is 99.3 Å². The first-order valence-corrected chi connectivity index (χ1v) is 9.56. The van der Waals surface area contributed by atoms with Crippen LogP contribution in [-0.2, 0) is 0 Å². The molecule has 27 heavy (non-hydrogen) atoms. The summed E-state index contributed by atoms with van der Waals surface area (Å²) in [5.74, 6) is 1.41. The summed E-state index contributed by atoms with van der Waals surface area (Å²) in [5.41, 5.74) is 1.91. The second kappa shape index (κ2) is 8.05.